The Labute approximate surface area is 105 Å². The van der Waals surface area contributed by atoms with Crippen molar-refractivity contribution in [3.05, 3.63) is 29.3 Å². The van der Waals surface area contributed by atoms with E-state index in [2.05, 4.69) is 0 Å². The summed E-state index contributed by atoms with van der Waals surface area (Å²) in [7, 11) is 0. The van der Waals surface area contributed by atoms with Crippen molar-refractivity contribution in [1.82, 2.24) is 0 Å². The molecule has 19 heavy (non-hydrogen) atoms. The molecule has 0 amide bonds. The predicted molar refractivity (Wildman–Crippen MR) is 57.3 cm³/mol. The number of rotatable bonds is 4. The van der Waals surface area contributed by atoms with Gasteiger partial charge in [-0.25, -0.2) is 8.78 Å². The second-order valence-corrected chi connectivity index (χ2v) is 3.87. The normalized spacial score (nSPS) is 13.7. The summed E-state index contributed by atoms with van der Waals surface area (Å²) >= 11 is 0. The van der Waals surface area contributed by atoms with Crippen LogP contribution >= 0.6 is 0 Å². The van der Waals surface area contributed by atoms with Gasteiger partial charge in [-0.05, 0) is 18.6 Å². The molecule has 8 heteroatoms. The van der Waals surface area contributed by atoms with E-state index in [1.54, 1.807) is 0 Å². The molecule has 1 aromatic rings. The third-order valence-electron chi connectivity index (χ3n) is 2.48. The molecule has 0 saturated heterocycles. The van der Waals surface area contributed by atoms with Crippen LogP contribution < -0.4 is 5.32 Å². The van der Waals surface area contributed by atoms with Gasteiger partial charge in [-0.15, -0.1) is 0 Å². The van der Waals surface area contributed by atoms with Crippen LogP contribution in [0.5, 0.6) is 0 Å². The van der Waals surface area contributed by atoms with Crippen molar-refractivity contribution < 1.29 is 32.2 Å². The summed E-state index contributed by atoms with van der Waals surface area (Å²) in [6.07, 6.45) is -7.26. The molecule has 0 aliphatic heterocycles. The Morgan fingerprint density at radius 3 is 1.95 bits per heavy atom. The van der Waals surface area contributed by atoms with Crippen LogP contribution in [0.4, 0.5) is 27.6 Å². The number of aliphatic hydroxyl groups is 2. The Balaban J connectivity index is 3.04. The van der Waals surface area contributed by atoms with Gasteiger partial charge in [0.2, 0.25) is 0 Å². The Kier molecular flexibility index (Phi) is 4.70. The van der Waals surface area contributed by atoms with E-state index in [1.807, 2.05) is 5.32 Å². The molecule has 0 bridgehead atoms. The van der Waals surface area contributed by atoms with E-state index >= 15 is 0 Å². The van der Waals surface area contributed by atoms with E-state index < -0.39 is 41.4 Å². The summed E-state index contributed by atoms with van der Waals surface area (Å²) < 4.78 is 64.1. The fourth-order valence-corrected chi connectivity index (χ4v) is 1.53. The molecule has 0 fully saturated rings. The van der Waals surface area contributed by atoms with Crippen molar-refractivity contribution in [3.63, 3.8) is 0 Å². The van der Waals surface area contributed by atoms with Gasteiger partial charge in [-0.1, -0.05) is 6.92 Å². The Bertz CT molecular complexity index is 424. The van der Waals surface area contributed by atoms with Gasteiger partial charge in [0.25, 0.3) is 0 Å². The SMILES string of the molecule is CC[C@@H](Nc1cc(F)c(C(O)O)c(F)c1)C(F)(F)F. The largest absolute Gasteiger partial charge is 0.408 e. The van der Waals surface area contributed by atoms with Crippen molar-refractivity contribution >= 4 is 5.69 Å². The lowest BCUT2D eigenvalue weighted by Gasteiger charge is -2.21. The maximum Gasteiger partial charge on any atom is 0.408 e. The summed E-state index contributed by atoms with van der Waals surface area (Å²) in [5, 5.41) is 19.4. The highest BCUT2D eigenvalue weighted by Gasteiger charge is 2.38. The zero-order valence-electron chi connectivity index (χ0n) is 9.80. The molecule has 0 unspecified atom stereocenters. The first kappa shape index (κ1) is 15.6. The third-order valence-corrected chi connectivity index (χ3v) is 2.48. The monoisotopic (exact) mass is 285 g/mol. The minimum absolute atomic E-state index is 0.322. The summed E-state index contributed by atoms with van der Waals surface area (Å²) in [6.45, 7) is 1.27. The number of hydrogen-bond acceptors (Lipinski definition) is 3. The Morgan fingerprint density at radius 2 is 1.63 bits per heavy atom. The van der Waals surface area contributed by atoms with Gasteiger partial charge in [0.1, 0.15) is 17.7 Å². The summed E-state index contributed by atoms with van der Waals surface area (Å²) in [5.74, 6) is -2.68. The van der Waals surface area contributed by atoms with Gasteiger partial charge in [-0.2, -0.15) is 13.2 Å². The van der Waals surface area contributed by atoms with Crippen LogP contribution in [0.15, 0.2) is 12.1 Å². The van der Waals surface area contributed by atoms with Gasteiger partial charge in [0.05, 0.1) is 5.56 Å². The van der Waals surface area contributed by atoms with Gasteiger partial charge < -0.3 is 15.5 Å². The molecule has 3 nitrogen and oxygen atoms in total. The fraction of sp³-hybridized carbons (Fsp3) is 0.455. The fourth-order valence-electron chi connectivity index (χ4n) is 1.53. The first-order valence-corrected chi connectivity index (χ1v) is 5.35. The average Bonchev–Trinajstić information content (AvgIpc) is 2.22. The van der Waals surface area contributed by atoms with Gasteiger partial charge in [0, 0.05) is 5.69 Å². The van der Waals surface area contributed by atoms with Gasteiger partial charge >= 0.3 is 6.18 Å². The lowest BCUT2D eigenvalue weighted by Crippen LogP contribution is -2.35. The maximum atomic E-state index is 13.3. The molecule has 3 N–H and O–H groups in total. The quantitative estimate of drug-likeness (QED) is 0.589. The number of aliphatic hydroxyl groups excluding tert-OH is 1. The molecular weight excluding hydrogens is 273 g/mol. The zero-order valence-corrected chi connectivity index (χ0v) is 9.80. The van der Waals surface area contributed by atoms with Crippen LogP contribution in [0, 0.1) is 11.6 Å². The highest BCUT2D eigenvalue weighted by molar-refractivity contribution is 5.47. The highest BCUT2D eigenvalue weighted by Crippen LogP contribution is 2.28. The van der Waals surface area contributed by atoms with Crippen LogP contribution in [0.2, 0.25) is 0 Å². The predicted octanol–water partition coefficient (Wildman–Crippen LogP) is 2.70. The molecule has 0 aliphatic rings. The average molecular weight is 285 g/mol. The van der Waals surface area contributed by atoms with E-state index in [-0.39, 0.29) is 6.42 Å². The second kappa shape index (κ2) is 5.70. The standard InChI is InChI=1S/C11H12F5NO2/c1-2-8(11(14,15)16)17-5-3-6(12)9(10(18)19)7(13)4-5/h3-4,8,10,17-19H,2H2,1H3/t8-/m1/s1. The topological polar surface area (TPSA) is 52.5 Å². The first-order chi connectivity index (χ1) is 8.66. The minimum atomic E-state index is -4.56. The maximum absolute atomic E-state index is 13.3. The van der Waals surface area contributed by atoms with Crippen LogP contribution in [-0.4, -0.2) is 22.4 Å². The van der Waals surface area contributed by atoms with E-state index in [9.17, 15) is 22.0 Å². The van der Waals surface area contributed by atoms with E-state index in [4.69, 9.17) is 10.2 Å². The van der Waals surface area contributed by atoms with Crippen molar-refractivity contribution in [2.45, 2.75) is 31.9 Å². The lowest BCUT2D eigenvalue weighted by molar-refractivity contribution is -0.142. The Morgan fingerprint density at radius 1 is 1.16 bits per heavy atom. The highest BCUT2D eigenvalue weighted by atomic mass is 19.4. The second-order valence-electron chi connectivity index (χ2n) is 3.87. The van der Waals surface area contributed by atoms with Crippen LogP contribution in [0.3, 0.4) is 0 Å². The first-order valence-electron chi connectivity index (χ1n) is 5.35. The van der Waals surface area contributed by atoms with Crippen LogP contribution in [-0.2, 0) is 0 Å². The van der Waals surface area contributed by atoms with Crippen molar-refractivity contribution in [3.8, 4) is 0 Å². The number of benzene rings is 1. The number of halogens is 5. The molecule has 0 radical (unpaired) electrons. The summed E-state index contributed by atoms with van der Waals surface area (Å²) in [5.41, 5.74) is -1.44. The zero-order chi connectivity index (χ0) is 14.8. The van der Waals surface area contributed by atoms with Crippen LogP contribution in [0.25, 0.3) is 0 Å². The smallest absolute Gasteiger partial charge is 0.374 e. The van der Waals surface area contributed by atoms with E-state index in [0.29, 0.717) is 12.1 Å². The summed E-state index contributed by atoms with van der Waals surface area (Å²) in [6, 6.07) is -0.797. The van der Waals surface area contributed by atoms with E-state index in [1.165, 1.54) is 6.92 Å². The van der Waals surface area contributed by atoms with Crippen molar-refractivity contribution in [2.75, 3.05) is 5.32 Å². The number of anilines is 1. The lowest BCUT2D eigenvalue weighted by atomic mass is 10.1. The molecule has 0 saturated carbocycles. The van der Waals surface area contributed by atoms with Gasteiger partial charge in [0.15, 0.2) is 6.29 Å². The molecule has 0 aliphatic carbocycles. The van der Waals surface area contributed by atoms with Crippen LogP contribution in [0.1, 0.15) is 25.2 Å². The number of hydrogen-bond donors (Lipinski definition) is 3. The number of nitrogens with one attached hydrogen (secondary N) is 1. The Hall–Kier alpha value is -1.41. The molecule has 1 aromatic carbocycles. The summed E-state index contributed by atoms with van der Waals surface area (Å²) in [4.78, 5) is 0. The molecule has 108 valence electrons. The molecule has 0 spiro atoms. The number of alkyl halides is 3. The molecule has 0 heterocycles. The molecular formula is C11H12F5NO2. The third kappa shape index (κ3) is 3.77. The molecule has 1 atom stereocenters. The van der Waals surface area contributed by atoms with Crippen molar-refractivity contribution in [1.29, 1.82) is 0 Å². The van der Waals surface area contributed by atoms with Gasteiger partial charge in [-0.3, -0.25) is 0 Å². The van der Waals surface area contributed by atoms with E-state index in [0.717, 1.165) is 0 Å². The molecule has 1 rings (SSSR count). The van der Waals surface area contributed by atoms with Crippen molar-refractivity contribution in [2.24, 2.45) is 0 Å². The molecule has 0 aromatic heterocycles. The minimum Gasteiger partial charge on any atom is -0.374 e.